The third-order valence-electron chi connectivity index (χ3n) is 3.59. The summed E-state index contributed by atoms with van der Waals surface area (Å²) in [6.45, 7) is 2.55. The summed E-state index contributed by atoms with van der Waals surface area (Å²) in [4.78, 5) is 13.5. The molecule has 1 aromatic rings. The number of hydrogen-bond donors (Lipinski definition) is 2. The summed E-state index contributed by atoms with van der Waals surface area (Å²) in [7, 11) is 0. The molecule has 0 aliphatic carbocycles. The highest BCUT2D eigenvalue weighted by atomic mass is 19.4. The Morgan fingerprint density at radius 1 is 1.24 bits per heavy atom. The van der Waals surface area contributed by atoms with Crippen LogP contribution in [0.15, 0.2) is 24.3 Å². The number of nitrogens with one attached hydrogen (secondary N) is 1. The van der Waals surface area contributed by atoms with Gasteiger partial charge in [0.2, 0.25) is 0 Å². The number of aliphatic hydroxyl groups is 1. The molecule has 0 bridgehead atoms. The number of hydrogen-bond acceptors (Lipinski definition) is 2. The molecule has 0 unspecified atom stereocenters. The van der Waals surface area contributed by atoms with E-state index in [9.17, 15) is 23.1 Å². The van der Waals surface area contributed by atoms with Crippen molar-refractivity contribution in [3.05, 3.63) is 29.8 Å². The summed E-state index contributed by atoms with van der Waals surface area (Å²) in [6, 6.07) is 3.93. The van der Waals surface area contributed by atoms with Gasteiger partial charge in [-0.2, -0.15) is 13.2 Å². The highest BCUT2D eigenvalue weighted by Crippen LogP contribution is 2.30. The van der Waals surface area contributed by atoms with Gasteiger partial charge in [0.1, 0.15) is 0 Å². The van der Waals surface area contributed by atoms with Gasteiger partial charge in [0.25, 0.3) is 0 Å². The molecule has 1 aromatic carbocycles. The zero-order valence-electron chi connectivity index (χ0n) is 11.6. The van der Waals surface area contributed by atoms with Gasteiger partial charge < -0.3 is 15.3 Å². The van der Waals surface area contributed by atoms with Crippen LogP contribution in [-0.4, -0.2) is 34.7 Å². The minimum atomic E-state index is -4.39. The number of urea groups is 1. The summed E-state index contributed by atoms with van der Waals surface area (Å²) >= 11 is 0. The van der Waals surface area contributed by atoms with Gasteiger partial charge >= 0.3 is 12.2 Å². The Morgan fingerprint density at radius 3 is 2.24 bits per heavy atom. The molecule has 116 valence electrons. The molecule has 1 aliphatic rings. The standard InChI is InChI=1S/C14H17F3N2O2/c1-13(21)6-8-19(9-7-13)12(20)18-11-4-2-10(3-5-11)14(15,16)17/h2-5,21H,6-9H2,1H3,(H,18,20). The number of carbonyl (C=O) groups is 1. The number of alkyl halides is 3. The van der Waals surface area contributed by atoms with E-state index in [0.29, 0.717) is 31.6 Å². The Morgan fingerprint density at radius 2 is 1.76 bits per heavy atom. The van der Waals surface area contributed by atoms with Crippen LogP contribution in [0.3, 0.4) is 0 Å². The molecule has 1 aliphatic heterocycles. The number of rotatable bonds is 1. The van der Waals surface area contributed by atoms with E-state index in [0.717, 1.165) is 12.1 Å². The summed E-state index contributed by atoms with van der Waals surface area (Å²) in [5, 5.41) is 12.4. The Hall–Kier alpha value is -1.76. The second-order valence-electron chi connectivity index (χ2n) is 5.49. The van der Waals surface area contributed by atoms with E-state index in [1.54, 1.807) is 6.92 Å². The SMILES string of the molecule is CC1(O)CCN(C(=O)Nc2ccc(C(F)(F)F)cc2)CC1. The molecular formula is C14H17F3N2O2. The van der Waals surface area contributed by atoms with Crippen LogP contribution < -0.4 is 5.32 Å². The summed E-state index contributed by atoms with van der Waals surface area (Å²) in [5.74, 6) is 0. The second kappa shape index (κ2) is 5.55. The number of nitrogens with zero attached hydrogens (tertiary/aromatic N) is 1. The molecule has 0 aromatic heterocycles. The van der Waals surface area contributed by atoms with Gasteiger partial charge in [0, 0.05) is 18.8 Å². The fourth-order valence-corrected chi connectivity index (χ4v) is 2.14. The van der Waals surface area contributed by atoms with Crippen molar-refractivity contribution in [2.24, 2.45) is 0 Å². The van der Waals surface area contributed by atoms with Crippen LogP contribution in [0, 0.1) is 0 Å². The van der Waals surface area contributed by atoms with Crippen molar-refractivity contribution in [3.63, 3.8) is 0 Å². The van der Waals surface area contributed by atoms with Crippen LogP contribution in [0.1, 0.15) is 25.3 Å². The van der Waals surface area contributed by atoms with Gasteiger partial charge in [-0.25, -0.2) is 4.79 Å². The van der Waals surface area contributed by atoms with Crippen molar-refractivity contribution >= 4 is 11.7 Å². The predicted octanol–water partition coefficient (Wildman–Crippen LogP) is 3.08. The number of likely N-dealkylation sites (tertiary alicyclic amines) is 1. The summed E-state index contributed by atoms with van der Waals surface area (Å²) in [6.07, 6.45) is -3.43. The van der Waals surface area contributed by atoms with Crippen LogP contribution in [0.25, 0.3) is 0 Å². The van der Waals surface area contributed by atoms with Gasteiger partial charge in [-0.15, -0.1) is 0 Å². The van der Waals surface area contributed by atoms with E-state index in [-0.39, 0.29) is 6.03 Å². The molecule has 0 atom stereocenters. The van der Waals surface area contributed by atoms with Crippen molar-refractivity contribution in [3.8, 4) is 0 Å². The molecule has 0 saturated carbocycles. The van der Waals surface area contributed by atoms with Crippen molar-refractivity contribution in [2.75, 3.05) is 18.4 Å². The molecule has 0 radical (unpaired) electrons. The van der Waals surface area contributed by atoms with E-state index < -0.39 is 17.3 Å². The maximum Gasteiger partial charge on any atom is 0.416 e. The number of amides is 2. The third kappa shape index (κ3) is 4.10. The predicted molar refractivity (Wildman–Crippen MR) is 71.9 cm³/mol. The van der Waals surface area contributed by atoms with Crippen LogP contribution in [0.2, 0.25) is 0 Å². The van der Waals surface area contributed by atoms with E-state index in [4.69, 9.17) is 0 Å². The smallest absolute Gasteiger partial charge is 0.390 e. The minimum absolute atomic E-state index is 0.310. The van der Waals surface area contributed by atoms with Gasteiger partial charge in [-0.05, 0) is 44.0 Å². The van der Waals surface area contributed by atoms with Crippen LogP contribution >= 0.6 is 0 Å². The lowest BCUT2D eigenvalue weighted by Gasteiger charge is -2.35. The molecule has 2 amide bonds. The number of piperidine rings is 1. The lowest BCUT2D eigenvalue weighted by molar-refractivity contribution is -0.137. The highest BCUT2D eigenvalue weighted by molar-refractivity contribution is 5.89. The Kier molecular flexibility index (Phi) is 4.13. The quantitative estimate of drug-likeness (QED) is 0.837. The number of halogens is 3. The fourth-order valence-electron chi connectivity index (χ4n) is 2.14. The van der Waals surface area contributed by atoms with Gasteiger partial charge in [-0.3, -0.25) is 0 Å². The maximum atomic E-state index is 12.4. The highest BCUT2D eigenvalue weighted by Gasteiger charge is 2.31. The first-order chi connectivity index (χ1) is 9.67. The second-order valence-corrected chi connectivity index (χ2v) is 5.49. The summed E-state index contributed by atoms with van der Waals surface area (Å²) in [5.41, 5.74) is -1.20. The van der Waals surface area contributed by atoms with E-state index in [1.165, 1.54) is 17.0 Å². The zero-order chi connectivity index (χ0) is 15.7. The molecule has 2 rings (SSSR count). The lowest BCUT2D eigenvalue weighted by Crippen LogP contribution is -2.46. The first-order valence-corrected chi connectivity index (χ1v) is 6.63. The number of anilines is 1. The maximum absolute atomic E-state index is 12.4. The van der Waals surface area contributed by atoms with Crippen molar-refractivity contribution in [1.29, 1.82) is 0 Å². The third-order valence-corrected chi connectivity index (χ3v) is 3.59. The largest absolute Gasteiger partial charge is 0.416 e. The molecule has 1 fully saturated rings. The minimum Gasteiger partial charge on any atom is -0.390 e. The van der Waals surface area contributed by atoms with Gasteiger partial charge in [0.05, 0.1) is 11.2 Å². The topological polar surface area (TPSA) is 52.6 Å². The molecule has 4 nitrogen and oxygen atoms in total. The fraction of sp³-hybridized carbons (Fsp3) is 0.500. The van der Waals surface area contributed by atoms with Gasteiger partial charge in [-0.1, -0.05) is 0 Å². The number of benzene rings is 1. The van der Waals surface area contributed by atoms with E-state index in [2.05, 4.69) is 5.32 Å². The van der Waals surface area contributed by atoms with Crippen molar-refractivity contribution in [1.82, 2.24) is 4.90 Å². The van der Waals surface area contributed by atoms with E-state index >= 15 is 0 Å². The molecule has 1 saturated heterocycles. The first kappa shape index (κ1) is 15.6. The number of carbonyl (C=O) groups excluding carboxylic acids is 1. The van der Waals surface area contributed by atoms with E-state index in [1.807, 2.05) is 0 Å². The van der Waals surface area contributed by atoms with Crippen LogP contribution in [-0.2, 0) is 6.18 Å². The summed E-state index contributed by atoms with van der Waals surface area (Å²) < 4.78 is 37.3. The molecule has 21 heavy (non-hydrogen) atoms. The molecule has 0 spiro atoms. The van der Waals surface area contributed by atoms with Crippen LogP contribution in [0.4, 0.5) is 23.7 Å². The normalized spacial score (nSPS) is 18.4. The first-order valence-electron chi connectivity index (χ1n) is 6.63. The molecule has 2 N–H and O–H groups in total. The molecular weight excluding hydrogens is 285 g/mol. The Bertz CT molecular complexity index is 502. The zero-order valence-corrected chi connectivity index (χ0v) is 11.6. The molecule has 7 heteroatoms. The monoisotopic (exact) mass is 302 g/mol. The average molecular weight is 302 g/mol. The lowest BCUT2D eigenvalue weighted by atomic mass is 9.94. The van der Waals surface area contributed by atoms with Crippen molar-refractivity contribution < 1.29 is 23.1 Å². The Labute approximate surface area is 120 Å². The molecule has 1 heterocycles. The van der Waals surface area contributed by atoms with Crippen molar-refractivity contribution in [2.45, 2.75) is 31.5 Å². The average Bonchev–Trinajstić information content (AvgIpc) is 2.38. The Balaban J connectivity index is 1.94. The van der Waals surface area contributed by atoms with Gasteiger partial charge in [0.15, 0.2) is 0 Å². The van der Waals surface area contributed by atoms with Crippen LogP contribution in [0.5, 0.6) is 0 Å².